The molecule has 2 aromatic rings. The molecular weight excluding hydrogens is 328 g/mol. The summed E-state index contributed by atoms with van der Waals surface area (Å²) in [4.78, 5) is 14.6. The lowest BCUT2D eigenvalue weighted by molar-refractivity contribution is 0.0736. The van der Waals surface area contributed by atoms with Crippen molar-refractivity contribution in [1.29, 1.82) is 0 Å². The Morgan fingerprint density at radius 3 is 2.75 bits per heavy atom. The molecule has 0 aliphatic rings. The first-order valence-corrected chi connectivity index (χ1v) is 8.40. The molecule has 1 heterocycles. The van der Waals surface area contributed by atoms with Gasteiger partial charge in [-0.3, -0.25) is 4.79 Å². The maximum atomic E-state index is 12.9. The first kappa shape index (κ1) is 18.4. The van der Waals surface area contributed by atoms with Crippen molar-refractivity contribution < 1.29 is 13.9 Å². The maximum absolute atomic E-state index is 12.9. The molecular formula is C18H23ClN2O3. The van der Waals surface area contributed by atoms with Gasteiger partial charge in [-0.2, -0.15) is 0 Å². The van der Waals surface area contributed by atoms with Crippen molar-refractivity contribution in [2.75, 3.05) is 19.7 Å². The number of carbonyl (C=O) groups excluding carboxylic acids is 1. The number of furan rings is 1. The highest BCUT2D eigenvalue weighted by molar-refractivity contribution is 6.30. The smallest absolute Gasteiger partial charge is 0.258 e. The Hall–Kier alpha value is -1.98. The summed E-state index contributed by atoms with van der Waals surface area (Å²) in [7, 11) is 0. The van der Waals surface area contributed by atoms with E-state index >= 15 is 0 Å². The summed E-state index contributed by atoms with van der Waals surface area (Å²) in [5.74, 6) is 1.94. The van der Waals surface area contributed by atoms with Crippen molar-refractivity contribution in [3.63, 3.8) is 0 Å². The monoisotopic (exact) mass is 350 g/mol. The maximum Gasteiger partial charge on any atom is 0.258 e. The van der Waals surface area contributed by atoms with Crippen LogP contribution in [0.1, 0.15) is 35.2 Å². The summed E-state index contributed by atoms with van der Waals surface area (Å²) in [5.41, 5.74) is 5.97. The summed E-state index contributed by atoms with van der Waals surface area (Å²) in [6.07, 6.45) is 0.712. The van der Waals surface area contributed by atoms with Crippen LogP contribution in [-0.4, -0.2) is 30.5 Å². The zero-order valence-corrected chi connectivity index (χ0v) is 14.8. The van der Waals surface area contributed by atoms with Crippen LogP contribution < -0.4 is 10.5 Å². The van der Waals surface area contributed by atoms with E-state index < -0.39 is 0 Å². The Kier molecular flexibility index (Phi) is 6.70. The number of nitrogens with two attached hydrogens (primary N) is 1. The van der Waals surface area contributed by atoms with Crippen LogP contribution in [0.4, 0.5) is 0 Å². The van der Waals surface area contributed by atoms with Crippen LogP contribution in [0, 0.1) is 6.92 Å². The van der Waals surface area contributed by atoms with Gasteiger partial charge in [-0.25, -0.2) is 0 Å². The number of hydrogen-bond acceptors (Lipinski definition) is 4. The number of ether oxygens (including phenoxy) is 1. The molecule has 0 bridgehead atoms. The molecule has 0 spiro atoms. The highest BCUT2D eigenvalue weighted by Crippen LogP contribution is 2.25. The van der Waals surface area contributed by atoms with Crippen LogP contribution in [0.5, 0.6) is 5.75 Å². The molecule has 1 amide bonds. The number of halogens is 1. The third-order valence-electron chi connectivity index (χ3n) is 3.59. The lowest BCUT2D eigenvalue weighted by atomic mass is 10.1. The summed E-state index contributed by atoms with van der Waals surface area (Å²) >= 11 is 6.04. The molecule has 0 aliphatic carbocycles. The molecule has 0 radical (unpaired) electrons. The number of hydrogen-bond donors (Lipinski definition) is 1. The number of carbonyl (C=O) groups is 1. The quantitative estimate of drug-likeness (QED) is 0.738. The lowest BCUT2D eigenvalue weighted by Crippen LogP contribution is -2.30. The van der Waals surface area contributed by atoms with Crippen molar-refractivity contribution >= 4 is 17.5 Å². The van der Waals surface area contributed by atoms with Gasteiger partial charge in [0.2, 0.25) is 0 Å². The van der Waals surface area contributed by atoms with E-state index in [-0.39, 0.29) is 5.91 Å². The van der Waals surface area contributed by atoms with E-state index in [1.165, 1.54) is 0 Å². The molecule has 1 aromatic carbocycles. The molecule has 0 unspecified atom stereocenters. The number of amides is 1. The molecule has 1 aromatic heterocycles. The molecule has 0 atom stereocenters. The fraction of sp³-hybridized carbons (Fsp3) is 0.389. The van der Waals surface area contributed by atoms with E-state index in [0.29, 0.717) is 49.0 Å². The third kappa shape index (κ3) is 4.76. The van der Waals surface area contributed by atoms with Crippen LogP contribution in [-0.2, 0) is 6.54 Å². The molecule has 6 heteroatoms. The standard InChI is InChI=1S/C18H23ClN2O3/c1-3-21(12-15-7-5-13(2)24-15)18(22)16-8-6-14(19)11-17(16)23-10-4-9-20/h5-8,11H,3-4,9-10,12,20H2,1-2H3. The average molecular weight is 351 g/mol. The van der Waals surface area contributed by atoms with Crippen molar-refractivity contribution in [2.24, 2.45) is 5.73 Å². The molecule has 2 rings (SSSR count). The van der Waals surface area contributed by atoms with Crippen molar-refractivity contribution in [3.05, 3.63) is 52.4 Å². The van der Waals surface area contributed by atoms with Crippen LogP contribution in [0.15, 0.2) is 34.7 Å². The third-order valence-corrected chi connectivity index (χ3v) is 3.83. The minimum atomic E-state index is -0.119. The van der Waals surface area contributed by atoms with Crippen molar-refractivity contribution in [3.8, 4) is 5.75 Å². The predicted octanol–water partition coefficient (Wildman–Crippen LogP) is 3.63. The van der Waals surface area contributed by atoms with E-state index in [9.17, 15) is 4.79 Å². The molecule has 0 saturated heterocycles. The van der Waals surface area contributed by atoms with Crippen molar-refractivity contribution in [1.82, 2.24) is 4.90 Å². The first-order chi connectivity index (χ1) is 11.5. The SMILES string of the molecule is CCN(Cc1ccc(C)o1)C(=O)c1ccc(Cl)cc1OCCCN. The van der Waals surface area contributed by atoms with Gasteiger partial charge in [0.25, 0.3) is 5.91 Å². The summed E-state index contributed by atoms with van der Waals surface area (Å²) in [5, 5.41) is 0.527. The van der Waals surface area contributed by atoms with Gasteiger partial charge in [-0.05, 0) is 57.1 Å². The summed E-state index contributed by atoms with van der Waals surface area (Å²) in [6, 6.07) is 8.81. The lowest BCUT2D eigenvalue weighted by Gasteiger charge is -2.21. The number of aryl methyl sites for hydroxylation is 1. The highest BCUT2D eigenvalue weighted by Gasteiger charge is 2.20. The fourth-order valence-electron chi connectivity index (χ4n) is 2.31. The van der Waals surface area contributed by atoms with Gasteiger partial charge in [0.05, 0.1) is 18.7 Å². The predicted molar refractivity (Wildman–Crippen MR) is 94.5 cm³/mol. The number of benzene rings is 1. The van der Waals surface area contributed by atoms with E-state index in [0.717, 1.165) is 11.5 Å². The van der Waals surface area contributed by atoms with Gasteiger partial charge in [-0.1, -0.05) is 11.6 Å². The molecule has 130 valence electrons. The van der Waals surface area contributed by atoms with Crippen LogP contribution in [0.25, 0.3) is 0 Å². The molecule has 0 saturated carbocycles. The van der Waals surface area contributed by atoms with E-state index in [4.69, 9.17) is 26.5 Å². The molecule has 0 fully saturated rings. The average Bonchev–Trinajstić information content (AvgIpc) is 2.97. The molecule has 24 heavy (non-hydrogen) atoms. The van der Waals surface area contributed by atoms with E-state index in [1.807, 2.05) is 26.0 Å². The van der Waals surface area contributed by atoms with Gasteiger partial charge < -0.3 is 19.8 Å². The van der Waals surface area contributed by atoms with Gasteiger partial charge in [0.1, 0.15) is 17.3 Å². The van der Waals surface area contributed by atoms with Gasteiger partial charge in [0.15, 0.2) is 0 Å². The summed E-state index contributed by atoms with van der Waals surface area (Å²) < 4.78 is 11.3. The van der Waals surface area contributed by atoms with Gasteiger partial charge >= 0.3 is 0 Å². The minimum absolute atomic E-state index is 0.119. The second-order valence-corrected chi connectivity index (χ2v) is 5.90. The number of rotatable bonds is 8. The Bertz CT molecular complexity index is 685. The zero-order valence-electron chi connectivity index (χ0n) is 14.0. The van der Waals surface area contributed by atoms with Crippen LogP contribution in [0.3, 0.4) is 0 Å². The van der Waals surface area contributed by atoms with E-state index in [2.05, 4.69) is 0 Å². The number of nitrogens with zero attached hydrogens (tertiary/aromatic N) is 1. The highest BCUT2D eigenvalue weighted by atomic mass is 35.5. The largest absolute Gasteiger partial charge is 0.493 e. The van der Waals surface area contributed by atoms with Crippen LogP contribution >= 0.6 is 11.6 Å². The van der Waals surface area contributed by atoms with Crippen LogP contribution in [0.2, 0.25) is 5.02 Å². The van der Waals surface area contributed by atoms with E-state index in [1.54, 1.807) is 23.1 Å². The Morgan fingerprint density at radius 1 is 1.33 bits per heavy atom. The minimum Gasteiger partial charge on any atom is -0.493 e. The molecule has 0 aliphatic heterocycles. The topological polar surface area (TPSA) is 68.7 Å². The van der Waals surface area contributed by atoms with Gasteiger partial charge in [0, 0.05) is 11.6 Å². The second-order valence-electron chi connectivity index (χ2n) is 5.46. The zero-order chi connectivity index (χ0) is 17.5. The Morgan fingerprint density at radius 2 is 2.12 bits per heavy atom. The molecule has 2 N–H and O–H groups in total. The Balaban J connectivity index is 2.19. The van der Waals surface area contributed by atoms with Crippen molar-refractivity contribution in [2.45, 2.75) is 26.8 Å². The normalized spacial score (nSPS) is 10.7. The first-order valence-electron chi connectivity index (χ1n) is 8.02. The summed E-state index contributed by atoms with van der Waals surface area (Å²) in [6.45, 7) is 5.75. The van der Waals surface area contributed by atoms with Gasteiger partial charge in [-0.15, -0.1) is 0 Å². The molecule has 5 nitrogen and oxygen atoms in total. The fourth-order valence-corrected chi connectivity index (χ4v) is 2.48. The second kappa shape index (κ2) is 8.76. The Labute approximate surface area is 147 Å².